The molecule has 236 valence electrons. The van der Waals surface area contributed by atoms with Crippen LogP contribution >= 0.6 is 11.6 Å². The van der Waals surface area contributed by atoms with E-state index in [1.165, 1.54) is 25.0 Å². The Morgan fingerprint density at radius 1 is 0.933 bits per heavy atom. The highest BCUT2D eigenvalue weighted by atomic mass is 35.5. The van der Waals surface area contributed by atoms with Crippen LogP contribution in [0.1, 0.15) is 36.8 Å². The monoisotopic (exact) mass is 648 g/mol. The number of anilines is 1. The van der Waals surface area contributed by atoms with Crippen molar-refractivity contribution >= 4 is 33.5 Å². The number of ether oxygens (including phenoxy) is 2. The first-order valence-corrected chi connectivity index (χ1v) is 16.7. The maximum Gasteiger partial charge on any atom is 0.411 e. The Balaban J connectivity index is 0.000000309. The van der Waals surface area contributed by atoms with Crippen LogP contribution in [0.4, 0.5) is 10.5 Å². The fourth-order valence-electron chi connectivity index (χ4n) is 5.72. The fourth-order valence-corrected chi connectivity index (χ4v) is 6.39. The number of halogens is 1. The van der Waals surface area contributed by atoms with Gasteiger partial charge in [-0.1, -0.05) is 71.8 Å². The number of fused-ring (bicyclic) bond motifs is 2. The number of hydrogen-bond donors (Lipinski definition) is 3. The molecule has 2 saturated heterocycles. The second-order valence-electron chi connectivity index (χ2n) is 11.5. The summed E-state index contributed by atoms with van der Waals surface area (Å²) in [5.74, 6) is 1.13. The van der Waals surface area contributed by atoms with E-state index in [-0.39, 0.29) is 4.90 Å². The zero-order valence-electron chi connectivity index (χ0n) is 25.0. The average Bonchev–Trinajstić information content (AvgIpc) is 3.37. The molecule has 8 nitrogen and oxygen atoms in total. The van der Waals surface area contributed by atoms with E-state index in [0.717, 1.165) is 35.1 Å². The Bertz CT molecular complexity index is 1690. The first-order chi connectivity index (χ1) is 21.6. The van der Waals surface area contributed by atoms with Gasteiger partial charge in [0.25, 0.3) is 10.1 Å². The number of carbonyl (C=O) groups excluding carboxylic acids is 1. The van der Waals surface area contributed by atoms with Crippen molar-refractivity contribution in [1.29, 1.82) is 0 Å². The van der Waals surface area contributed by atoms with E-state index in [1.54, 1.807) is 12.1 Å². The van der Waals surface area contributed by atoms with Crippen molar-refractivity contribution in [3.05, 3.63) is 113 Å². The number of carbonyl (C=O) groups is 1. The van der Waals surface area contributed by atoms with E-state index < -0.39 is 16.2 Å². The largest absolute Gasteiger partial charge is 0.489 e. The summed E-state index contributed by atoms with van der Waals surface area (Å²) in [6.07, 6.45) is 4.17. The average molecular weight is 649 g/mol. The quantitative estimate of drug-likeness (QED) is 0.166. The minimum atomic E-state index is -4.02. The number of benzene rings is 4. The molecule has 0 radical (unpaired) electrons. The molecule has 2 fully saturated rings. The maximum atomic E-state index is 12.7. The van der Waals surface area contributed by atoms with Crippen LogP contribution in [-0.4, -0.2) is 37.8 Å². The molecule has 45 heavy (non-hydrogen) atoms. The van der Waals surface area contributed by atoms with Gasteiger partial charge in [0.05, 0.1) is 17.2 Å². The molecule has 0 aliphatic carbocycles. The minimum Gasteiger partial charge on any atom is -0.489 e. The summed E-state index contributed by atoms with van der Waals surface area (Å²) in [7, 11) is -4.02. The Morgan fingerprint density at radius 2 is 1.64 bits per heavy atom. The van der Waals surface area contributed by atoms with E-state index in [2.05, 4.69) is 10.6 Å². The predicted octanol–water partition coefficient (Wildman–Crippen LogP) is 7.91. The number of hydrogen-bond acceptors (Lipinski definition) is 6. The van der Waals surface area contributed by atoms with Crippen LogP contribution in [0.25, 0.3) is 11.1 Å². The van der Waals surface area contributed by atoms with Crippen LogP contribution < -0.4 is 15.4 Å². The topological polar surface area (TPSA) is 114 Å². The molecule has 2 heterocycles. The second kappa shape index (κ2) is 14.9. The van der Waals surface area contributed by atoms with E-state index in [9.17, 15) is 13.2 Å². The molecule has 0 aromatic heterocycles. The van der Waals surface area contributed by atoms with Crippen molar-refractivity contribution in [1.82, 2.24) is 5.32 Å². The van der Waals surface area contributed by atoms with E-state index in [1.807, 2.05) is 79.7 Å². The van der Waals surface area contributed by atoms with Crippen molar-refractivity contribution in [2.24, 2.45) is 5.92 Å². The second-order valence-corrected chi connectivity index (χ2v) is 13.3. The van der Waals surface area contributed by atoms with Crippen molar-refractivity contribution in [2.75, 3.05) is 11.9 Å². The Morgan fingerprint density at radius 3 is 2.31 bits per heavy atom. The number of amides is 1. The predicted molar refractivity (Wildman–Crippen MR) is 176 cm³/mol. The first-order valence-electron chi connectivity index (χ1n) is 14.9. The zero-order valence-corrected chi connectivity index (χ0v) is 26.6. The van der Waals surface area contributed by atoms with Gasteiger partial charge in [-0.25, -0.2) is 4.79 Å². The molecule has 3 N–H and O–H groups in total. The summed E-state index contributed by atoms with van der Waals surface area (Å²) in [5, 5.41) is 7.18. The molecule has 2 aliphatic rings. The summed E-state index contributed by atoms with van der Waals surface area (Å²) in [4.78, 5) is 12.6. The van der Waals surface area contributed by atoms with Crippen LogP contribution in [-0.2, 0) is 21.5 Å². The Kier molecular flexibility index (Phi) is 10.8. The highest BCUT2D eigenvalue weighted by molar-refractivity contribution is 7.85. The molecule has 2 bridgehead atoms. The Labute approximate surface area is 269 Å². The summed E-state index contributed by atoms with van der Waals surface area (Å²) in [6.45, 7) is 2.75. The third-order valence-corrected chi connectivity index (χ3v) is 9.05. The lowest BCUT2D eigenvalue weighted by atomic mass is 9.93. The molecule has 4 aromatic carbocycles. The number of aryl methyl sites for hydroxylation is 1. The van der Waals surface area contributed by atoms with Gasteiger partial charge in [0.15, 0.2) is 0 Å². The number of piperidine rings is 1. The highest BCUT2D eigenvalue weighted by Gasteiger charge is 2.33. The number of nitrogens with one attached hydrogen (secondary N) is 2. The molecule has 0 saturated carbocycles. The summed E-state index contributed by atoms with van der Waals surface area (Å²) < 4.78 is 41.2. The maximum absolute atomic E-state index is 12.7. The van der Waals surface area contributed by atoms with Gasteiger partial charge in [-0.05, 0) is 92.1 Å². The van der Waals surface area contributed by atoms with Crippen LogP contribution in [0.2, 0.25) is 5.02 Å². The molecule has 2 aliphatic heterocycles. The van der Waals surface area contributed by atoms with Crippen LogP contribution in [0.3, 0.4) is 0 Å². The molecule has 10 heteroatoms. The molecule has 2 atom stereocenters. The van der Waals surface area contributed by atoms with Gasteiger partial charge in [-0.3, -0.25) is 9.87 Å². The smallest absolute Gasteiger partial charge is 0.411 e. The molecule has 0 spiro atoms. The third kappa shape index (κ3) is 9.55. The van der Waals surface area contributed by atoms with Crippen LogP contribution in [0.5, 0.6) is 5.75 Å². The van der Waals surface area contributed by atoms with Gasteiger partial charge in [0.2, 0.25) is 0 Å². The van der Waals surface area contributed by atoms with Gasteiger partial charge < -0.3 is 14.8 Å². The van der Waals surface area contributed by atoms with Gasteiger partial charge in [-0.15, -0.1) is 0 Å². The lowest BCUT2D eigenvalue weighted by molar-refractivity contribution is 0.122. The molecule has 6 rings (SSSR count). The summed E-state index contributed by atoms with van der Waals surface area (Å²) in [6, 6.07) is 30.3. The highest BCUT2D eigenvalue weighted by Crippen LogP contribution is 2.34. The van der Waals surface area contributed by atoms with Gasteiger partial charge >= 0.3 is 6.09 Å². The standard InChI is InChI=1S/C28H29ClN2O3.C7H8O3S/c29-22-8-4-7-21(15-22)26-16-25(33-17-19-5-2-1-3-6-19)11-12-27(26)31-28(32)34-18-20-13-23-9-10-24(14-20)30-23;1-6-2-4-7(5-3-6)11(8,9)10/h1-8,11-12,15-16,20,23-24,30H,9-10,13-14,17-18H2,(H,31,32);2-5H,1H3,(H,8,9,10). The first kappa shape index (κ1) is 32.5. The van der Waals surface area contributed by atoms with Crippen molar-refractivity contribution in [3.63, 3.8) is 0 Å². The number of rotatable bonds is 8. The third-order valence-electron chi connectivity index (χ3n) is 7.95. The van der Waals surface area contributed by atoms with E-state index in [4.69, 9.17) is 25.6 Å². The van der Waals surface area contributed by atoms with Crippen LogP contribution in [0, 0.1) is 12.8 Å². The zero-order chi connectivity index (χ0) is 31.8. The van der Waals surface area contributed by atoms with E-state index >= 15 is 0 Å². The molecular formula is C35H37ClN2O6S. The molecule has 2 unspecified atom stereocenters. The lowest BCUT2D eigenvalue weighted by Gasteiger charge is -2.28. The van der Waals surface area contributed by atoms with Crippen molar-refractivity contribution < 1.29 is 27.2 Å². The van der Waals surface area contributed by atoms with Gasteiger partial charge in [-0.2, -0.15) is 8.42 Å². The van der Waals surface area contributed by atoms with E-state index in [0.29, 0.717) is 47.7 Å². The van der Waals surface area contributed by atoms with Crippen molar-refractivity contribution in [2.45, 2.75) is 56.2 Å². The van der Waals surface area contributed by atoms with Crippen molar-refractivity contribution in [3.8, 4) is 16.9 Å². The molecule has 4 aromatic rings. The normalized spacial score (nSPS) is 18.8. The Hall–Kier alpha value is -3.89. The lowest BCUT2D eigenvalue weighted by Crippen LogP contribution is -2.39. The summed E-state index contributed by atoms with van der Waals surface area (Å²) >= 11 is 6.25. The van der Waals surface area contributed by atoms with Gasteiger partial charge in [0.1, 0.15) is 12.4 Å². The fraction of sp³-hybridized carbons (Fsp3) is 0.286. The molecular weight excluding hydrogens is 612 g/mol. The SMILES string of the molecule is Cc1ccc(S(=O)(=O)O)cc1.O=C(Nc1ccc(OCc2ccccc2)cc1-c1cccc(Cl)c1)OCC1CC2CCC(C1)N2. The van der Waals surface area contributed by atoms with Crippen LogP contribution in [0.15, 0.2) is 102 Å². The summed E-state index contributed by atoms with van der Waals surface area (Å²) in [5.41, 5.74) is 4.42. The van der Waals surface area contributed by atoms with Gasteiger partial charge in [0, 0.05) is 22.7 Å². The molecule has 1 amide bonds. The minimum absolute atomic E-state index is 0.0666.